The van der Waals surface area contributed by atoms with Crippen LogP contribution in [0.4, 0.5) is 0 Å². The Morgan fingerprint density at radius 2 is 2.15 bits per heavy atom. The molecule has 2 heterocycles. The number of hydrogen-bond donors (Lipinski definition) is 0. The van der Waals surface area contributed by atoms with Crippen LogP contribution >= 0.6 is 11.3 Å². The van der Waals surface area contributed by atoms with Gasteiger partial charge in [0, 0.05) is 10.8 Å². The normalized spacial score (nSPS) is 14.3. The van der Waals surface area contributed by atoms with E-state index in [4.69, 9.17) is 9.72 Å². The quantitative estimate of drug-likeness (QED) is 0.792. The van der Waals surface area contributed by atoms with E-state index in [1.165, 1.54) is 4.88 Å². The third kappa shape index (κ3) is 2.61. The van der Waals surface area contributed by atoms with E-state index in [0.717, 1.165) is 29.1 Å². The first-order chi connectivity index (χ1) is 9.69. The molecule has 104 valence electrons. The molecule has 4 heteroatoms. The molecular weight excluding hydrogens is 270 g/mol. The number of rotatable bonds is 4. The lowest BCUT2D eigenvalue weighted by atomic mass is 10.1. The highest BCUT2D eigenvalue weighted by Crippen LogP contribution is 2.42. The van der Waals surface area contributed by atoms with E-state index in [9.17, 15) is 4.79 Å². The second-order valence-electron chi connectivity index (χ2n) is 5.03. The van der Waals surface area contributed by atoms with E-state index in [2.05, 4.69) is 19.1 Å². The number of aryl methyl sites for hydroxylation is 1. The molecule has 20 heavy (non-hydrogen) atoms. The van der Waals surface area contributed by atoms with Gasteiger partial charge >= 0.3 is 5.97 Å². The van der Waals surface area contributed by atoms with Gasteiger partial charge in [-0.25, -0.2) is 4.79 Å². The summed E-state index contributed by atoms with van der Waals surface area (Å²) in [6.45, 7) is 4.31. The molecule has 2 aromatic rings. The molecule has 0 bridgehead atoms. The molecule has 2 aromatic heterocycles. The van der Waals surface area contributed by atoms with Crippen molar-refractivity contribution in [2.24, 2.45) is 0 Å². The van der Waals surface area contributed by atoms with Gasteiger partial charge in [0.25, 0.3) is 0 Å². The third-order valence-corrected chi connectivity index (χ3v) is 4.40. The lowest BCUT2D eigenvalue weighted by Gasteiger charge is -2.09. The Morgan fingerprint density at radius 3 is 2.75 bits per heavy atom. The van der Waals surface area contributed by atoms with Crippen molar-refractivity contribution in [2.75, 3.05) is 6.61 Å². The summed E-state index contributed by atoms with van der Waals surface area (Å²) in [7, 11) is 0. The van der Waals surface area contributed by atoms with Gasteiger partial charge in [0.05, 0.1) is 28.4 Å². The van der Waals surface area contributed by atoms with Crippen LogP contribution in [-0.2, 0) is 4.74 Å². The summed E-state index contributed by atoms with van der Waals surface area (Å²) in [5, 5.41) is 0. The molecule has 1 aliphatic carbocycles. The molecule has 3 nitrogen and oxygen atoms in total. The van der Waals surface area contributed by atoms with Gasteiger partial charge in [-0.1, -0.05) is 0 Å². The zero-order valence-corrected chi connectivity index (χ0v) is 12.5. The first-order valence-corrected chi connectivity index (χ1v) is 7.75. The van der Waals surface area contributed by atoms with E-state index in [0.29, 0.717) is 18.1 Å². The second-order valence-corrected chi connectivity index (χ2v) is 6.32. The number of pyridine rings is 1. The Morgan fingerprint density at radius 1 is 1.35 bits per heavy atom. The SMILES string of the molecule is CCOC(=O)c1ccc(-c2ccc(C)s2)nc1C1CC1. The summed E-state index contributed by atoms with van der Waals surface area (Å²) in [4.78, 5) is 19.1. The van der Waals surface area contributed by atoms with Gasteiger partial charge in [0.1, 0.15) is 0 Å². The molecule has 1 fully saturated rings. The van der Waals surface area contributed by atoms with E-state index in [1.54, 1.807) is 11.3 Å². The van der Waals surface area contributed by atoms with Gasteiger partial charge in [0.15, 0.2) is 0 Å². The monoisotopic (exact) mass is 287 g/mol. The van der Waals surface area contributed by atoms with Crippen molar-refractivity contribution < 1.29 is 9.53 Å². The van der Waals surface area contributed by atoms with E-state index in [-0.39, 0.29) is 5.97 Å². The number of esters is 1. The zero-order valence-electron chi connectivity index (χ0n) is 11.7. The van der Waals surface area contributed by atoms with Crippen LogP contribution in [-0.4, -0.2) is 17.6 Å². The van der Waals surface area contributed by atoms with Crippen molar-refractivity contribution in [3.63, 3.8) is 0 Å². The summed E-state index contributed by atoms with van der Waals surface area (Å²) in [5.41, 5.74) is 2.50. The number of aromatic nitrogens is 1. The van der Waals surface area contributed by atoms with Crippen LogP contribution in [0.5, 0.6) is 0 Å². The Bertz CT molecular complexity index is 644. The molecular formula is C16H17NO2S. The molecule has 0 aromatic carbocycles. The van der Waals surface area contributed by atoms with Crippen LogP contribution in [0.15, 0.2) is 24.3 Å². The minimum Gasteiger partial charge on any atom is -0.462 e. The number of thiophene rings is 1. The standard InChI is InChI=1S/C16H17NO2S/c1-3-19-16(18)12-7-8-13(14-9-4-10(2)20-14)17-15(12)11-5-6-11/h4,7-9,11H,3,5-6H2,1-2H3. The van der Waals surface area contributed by atoms with E-state index >= 15 is 0 Å². The van der Waals surface area contributed by atoms with Crippen LogP contribution in [0.1, 0.15) is 46.6 Å². The van der Waals surface area contributed by atoms with Crippen LogP contribution in [0.3, 0.4) is 0 Å². The van der Waals surface area contributed by atoms with Gasteiger partial charge in [0.2, 0.25) is 0 Å². The Hall–Kier alpha value is -1.68. The maximum Gasteiger partial charge on any atom is 0.339 e. The highest BCUT2D eigenvalue weighted by molar-refractivity contribution is 7.15. The minimum absolute atomic E-state index is 0.254. The highest BCUT2D eigenvalue weighted by atomic mass is 32.1. The lowest BCUT2D eigenvalue weighted by molar-refractivity contribution is 0.0524. The van der Waals surface area contributed by atoms with Crippen molar-refractivity contribution in [1.29, 1.82) is 0 Å². The molecule has 0 amide bonds. The number of ether oxygens (including phenoxy) is 1. The average molecular weight is 287 g/mol. The Balaban J connectivity index is 1.99. The van der Waals surface area contributed by atoms with Gasteiger partial charge in [-0.2, -0.15) is 0 Å². The predicted molar refractivity (Wildman–Crippen MR) is 80.2 cm³/mol. The number of hydrogen-bond acceptors (Lipinski definition) is 4. The molecule has 0 N–H and O–H groups in total. The molecule has 0 atom stereocenters. The number of carbonyl (C=O) groups is 1. The summed E-state index contributed by atoms with van der Waals surface area (Å²) in [6, 6.07) is 7.97. The first kappa shape index (κ1) is 13.3. The molecule has 3 rings (SSSR count). The maximum atomic E-state index is 12.0. The van der Waals surface area contributed by atoms with Crippen LogP contribution in [0.2, 0.25) is 0 Å². The van der Waals surface area contributed by atoms with Crippen molar-refractivity contribution in [2.45, 2.75) is 32.6 Å². The summed E-state index contributed by atoms with van der Waals surface area (Å²) in [5.74, 6) is 0.172. The van der Waals surface area contributed by atoms with Crippen molar-refractivity contribution in [3.05, 3.63) is 40.4 Å². The molecule has 0 saturated heterocycles. The van der Waals surface area contributed by atoms with Gasteiger partial charge in [-0.3, -0.25) is 4.98 Å². The zero-order chi connectivity index (χ0) is 14.1. The maximum absolute atomic E-state index is 12.0. The van der Waals surface area contributed by atoms with E-state index in [1.807, 2.05) is 19.1 Å². The fourth-order valence-electron chi connectivity index (χ4n) is 2.23. The summed E-state index contributed by atoms with van der Waals surface area (Å²) < 4.78 is 5.12. The van der Waals surface area contributed by atoms with Crippen LogP contribution in [0.25, 0.3) is 10.6 Å². The Labute approximate surface area is 122 Å². The number of carbonyl (C=O) groups excluding carboxylic acids is 1. The van der Waals surface area contributed by atoms with Crippen molar-refractivity contribution in [1.82, 2.24) is 4.98 Å². The molecule has 0 spiro atoms. The van der Waals surface area contributed by atoms with Gasteiger partial charge in [-0.05, 0) is 51.0 Å². The topological polar surface area (TPSA) is 39.2 Å². The van der Waals surface area contributed by atoms with Crippen LogP contribution < -0.4 is 0 Å². The fourth-order valence-corrected chi connectivity index (χ4v) is 3.07. The molecule has 1 aliphatic rings. The number of nitrogens with zero attached hydrogens (tertiary/aromatic N) is 1. The lowest BCUT2D eigenvalue weighted by Crippen LogP contribution is -2.09. The predicted octanol–water partition coefficient (Wildman–Crippen LogP) is 4.17. The second kappa shape index (κ2) is 5.37. The summed E-state index contributed by atoms with van der Waals surface area (Å²) in [6.07, 6.45) is 2.23. The molecule has 0 aliphatic heterocycles. The van der Waals surface area contributed by atoms with Gasteiger partial charge < -0.3 is 4.74 Å². The van der Waals surface area contributed by atoms with Gasteiger partial charge in [-0.15, -0.1) is 11.3 Å². The first-order valence-electron chi connectivity index (χ1n) is 6.94. The Kier molecular flexibility index (Phi) is 3.57. The fraction of sp³-hybridized carbons (Fsp3) is 0.375. The van der Waals surface area contributed by atoms with Crippen molar-refractivity contribution >= 4 is 17.3 Å². The van der Waals surface area contributed by atoms with Crippen LogP contribution in [0, 0.1) is 6.92 Å². The third-order valence-electron chi connectivity index (χ3n) is 3.38. The molecule has 0 unspecified atom stereocenters. The summed E-state index contributed by atoms with van der Waals surface area (Å²) >= 11 is 1.73. The molecule has 1 saturated carbocycles. The smallest absolute Gasteiger partial charge is 0.339 e. The minimum atomic E-state index is -0.254. The van der Waals surface area contributed by atoms with Crippen molar-refractivity contribution in [3.8, 4) is 10.6 Å². The molecule has 0 radical (unpaired) electrons. The largest absolute Gasteiger partial charge is 0.462 e. The highest BCUT2D eigenvalue weighted by Gasteiger charge is 2.30. The average Bonchev–Trinajstić information content (AvgIpc) is 3.20. The van der Waals surface area contributed by atoms with E-state index < -0.39 is 0 Å².